The first-order chi connectivity index (χ1) is 15.5. The molecule has 0 bridgehead atoms. The Morgan fingerprint density at radius 1 is 1.12 bits per heavy atom. The Labute approximate surface area is 190 Å². The smallest absolute Gasteiger partial charge is 0.408 e. The summed E-state index contributed by atoms with van der Waals surface area (Å²) in [5, 5.41) is 3.80. The topological polar surface area (TPSA) is 90.9 Å². The molecule has 1 amide bonds. The standard InChI is InChI=1S/C24H25NO6S/c1-3-11-29-21(26)19-17-9-10-24(20(17)19,25-23(28)30-12-4-2)22(27)31-14-16-13-15-7-5-6-8-18(15)32-16/h3-8,13,17,19-20H,1-2,9-12,14H2,(H,25,28)/t17-,19-,20-,24-/m0/s1. The molecular weight excluding hydrogens is 430 g/mol. The van der Waals surface area contributed by atoms with Crippen molar-refractivity contribution in [3.8, 4) is 0 Å². The predicted octanol–water partition coefficient (Wildman–Crippen LogP) is 3.98. The molecule has 4 atom stereocenters. The fourth-order valence-corrected chi connectivity index (χ4v) is 5.66. The summed E-state index contributed by atoms with van der Waals surface area (Å²) in [6, 6.07) is 9.90. The molecule has 168 valence electrons. The van der Waals surface area contributed by atoms with Crippen molar-refractivity contribution in [3.05, 3.63) is 60.5 Å². The van der Waals surface area contributed by atoms with Gasteiger partial charge in [-0.1, -0.05) is 43.5 Å². The summed E-state index contributed by atoms with van der Waals surface area (Å²) in [6.07, 6.45) is 3.18. The first-order valence-corrected chi connectivity index (χ1v) is 11.3. The van der Waals surface area contributed by atoms with E-state index in [1.807, 2.05) is 30.3 Å². The lowest BCUT2D eigenvalue weighted by atomic mass is 9.90. The van der Waals surface area contributed by atoms with Crippen molar-refractivity contribution < 1.29 is 28.6 Å². The maximum atomic E-state index is 13.3. The summed E-state index contributed by atoms with van der Waals surface area (Å²) in [7, 11) is 0. The Morgan fingerprint density at radius 3 is 2.62 bits per heavy atom. The number of carbonyl (C=O) groups excluding carboxylic acids is 3. The first-order valence-electron chi connectivity index (χ1n) is 10.5. The third kappa shape index (κ3) is 4.14. The van der Waals surface area contributed by atoms with Crippen LogP contribution in [0.3, 0.4) is 0 Å². The van der Waals surface area contributed by atoms with Gasteiger partial charge >= 0.3 is 18.0 Å². The lowest BCUT2D eigenvalue weighted by Crippen LogP contribution is -2.56. The van der Waals surface area contributed by atoms with E-state index in [0.717, 1.165) is 15.0 Å². The fourth-order valence-electron chi connectivity index (χ4n) is 4.69. The van der Waals surface area contributed by atoms with Crippen molar-refractivity contribution in [1.29, 1.82) is 0 Å². The summed E-state index contributed by atoms with van der Waals surface area (Å²) in [5.74, 6) is -1.82. The number of hydrogen-bond acceptors (Lipinski definition) is 7. The number of thiophene rings is 1. The molecule has 2 aliphatic carbocycles. The zero-order chi connectivity index (χ0) is 22.7. The van der Waals surface area contributed by atoms with Gasteiger partial charge in [0.05, 0.1) is 5.92 Å². The quantitative estimate of drug-likeness (QED) is 0.349. The molecule has 8 heteroatoms. The van der Waals surface area contributed by atoms with Gasteiger partial charge in [-0.3, -0.25) is 4.79 Å². The van der Waals surface area contributed by atoms with Crippen LogP contribution in [0.25, 0.3) is 10.1 Å². The van der Waals surface area contributed by atoms with Gasteiger partial charge in [-0.15, -0.1) is 11.3 Å². The Kier molecular flexibility index (Phi) is 6.32. The molecule has 7 nitrogen and oxygen atoms in total. The Balaban J connectivity index is 1.50. The molecule has 2 aromatic rings. The molecule has 2 saturated carbocycles. The molecule has 0 radical (unpaired) electrons. The second-order valence-corrected chi connectivity index (χ2v) is 9.15. The van der Waals surface area contributed by atoms with Crippen molar-refractivity contribution in [2.24, 2.45) is 17.8 Å². The monoisotopic (exact) mass is 455 g/mol. The largest absolute Gasteiger partial charge is 0.461 e. The molecule has 4 rings (SSSR count). The van der Waals surface area contributed by atoms with Crippen LogP contribution in [0, 0.1) is 17.8 Å². The molecule has 1 aromatic heterocycles. The van der Waals surface area contributed by atoms with Gasteiger partial charge in [0.25, 0.3) is 0 Å². The van der Waals surface area contributed by atoms with Gasteiger partial charge in [-0.2, -0.15) is 0 Å². The average Bonchev–Trinajstić information content (AvgIpc) is 3.19. The third-order valence-electron chi connectivity index (χ3n) is 6.07. The van der Waals surface area contributed by atoms with Crippen LogP contribution in [0.15, 0.2) is 55.6 Å². The molecular formula is C24H25NO6S. The average molecular weight is 456 g/mol. The minimum atomic E-state index is -1.32. The van der Waals surface area contributed by atoms with E-state index in [2.05, 4.69) is 18.5 Å². The minimum absolute atomic E-state index is 0.0116. The number of benzene rings is 1. The molecule has 1 N–H and O–H groups in total. The van der Waals surface area contributed by atoms with Crippen LogP contribution in [-0.4, -0.2) is 36.8 Å². The highest BCUT2D eigenvalue weighted by Crippen LogP contribution is 2.63. The van der Waals surface area contributed by atoms with Crippen LogP contribution < -0.4 is 5.32 Å². The minimum Gasteiger partial charge on any atom is -0.461 e. The second kappa shape index (κ2) is 9.16. The maximum Gasteiger partial charge on any atom is 0.408 e. The molecule has 0 spiro atoms. The zero-order valence-electron chi connectivity index (χ0n) is 17.6. The summed E-state index contributed by atoms with van der Waals surface area (Å²) in [5.41, 5.74) is -1.32. The van der Waals surface area contributed by atoms with Crippen molar-refractivity contribution in [1.82, 2.24) is 5.32 Å². The van der Waals surface area contributed by atoms with E-state index in [4.69, 9.17) is 14.2 Å². The Hall–Kier alpha value is -3.13. The number of esters is 2. The summed E-state index contributed by atoms with van der Waals surface area (Å²) in [6.45, 7) is 7.27. The molecule has 0 saturated heterocycles. The van der Waals surface area contributed by atoms with Crippen LogP contribution in [0.5, 0.6) is 0 Å². The number of fused-ring (bicyclic) bond motifs is 2. The molecule has 2 fully saturated rings. The SMILES string of the molecule is C=CCOC(=O)N[C@@]1(C(=O)OCc2cc3ccccc3s2)CC[C@H]2[C@H](C(=O)OCC=C)[C@H]21. The maximum absolute atomic E-state index is 13.3. The van der Waals surface area contributed by atoms with Gasteiger partial charge in [0.1, 0.15) is 25.4 Å². The number of hydrogen-bond donors (Lipinski definition) is 1. The molecule has 1 heterocycles. The lowest BCUT2D eigenvalue weighted by molar-refractivity contribution is -0.154. The normalized spacial score (nSPS) is 25.4. The lowest BCUT2D eigenvalue weighted by Gasteiger charge is -2.30. The molecule has 0 aliphatic heterocycles. The van der Waals surface area contributed by atoms with Crippen molar-refractivity contribution >= 4 is 39.5 Å². The predicted molar refractivity (Wildman–Crippen MR) is 120 cm³/mol. The van der Waals surface area contributed by atoms with Gasteiger partial charge in [0.15, 0.2) is 0 Å². The molecule has 32 heavy (non-hydrogen) atoms. The summed E-state index contributed by atoms with van der Waals surface area (Å²) in [4.78, 5) is 39.0. The molecule has 2 aliphatic rings. The van der Waals surface area contributed by atoms with Gasteiger partial charge in [0, 0.05) is 15.5 Å². The van der Waals surface area contributed by atoms with E-state index < -0.39 is 23.5 Å². The Bertz CT molecular complexity index is 1030. The van der Waals surface area contributed by atoms with Gasteiger partial charge in [-0.05, 0) is 36.3 Å². The number of rotatable bonds is 9. The zero-order valence-corrected chi connectivity index (χ0v) is 18.4. The van der Waals surface area contributed by atoms with Crippen LogP contribution in [0.4, 0.5) is 4.79 Å². The number of amides is 1. The van der Waals surface area contributed by atoms with E-state index in [-0.39, 0.29) is 37.6 Å². The Morgan fingerprint density at radius 2 is 1.88 bits per heavy atom. The van der Waals surface area contributed by atoms with Crippen molar-refractivity contribution in [3.63, 3.8) is 0 Å². The van der Waals surface area contributed by atoms with Crippen molar-refractivity contribution in [2.45, 2.75) is 25.0 Å². The number of carbonyl (C=O) groups is 3. The van der Waals surface area contributed by atoms with Crippen LogP contribution in [-0.2, 0) is 30.4 Å². The van der Waals surface area contributed by atoms with Gasteiger partial charge < -0.3 is 19.5 Å². The molecule has 0 unspecified atom stereocenters. The van der Waals surface area contributed by atoms with E-state index >= 15 is 0 Å². The van der Waals surface area contributed by atoms with Gasteiger partial charge in [0.2, 0.25) is 0 Å². The van der Waals surface area contributed by atoms with E-state index in [1.54, 1.807) is 11.3 Å². The number of alkyl carbamates (subject to hydrolysis) is 1. The van der Waals surface area contributed by atoms with Gasteiger partial charge in [-0.25, -0.2) is 9.59 Å². The highest BCUT2D eigenvalue weighted by atomic mass is 32.1. The van der Waals surface area contributed by atoms with E-state index in [1.165, 1.54) is 12.2 Å². The summed E-state index contributed by atoms with van der Waals surface area (Å²) < 4.78 is 17.0. The third-order valence-corrected chi connectivity index (χ3v) is 7.16. The van der Waals surface area contributed by atoms with E-state index in [9.17, 15) is 14.4 Å². The molecule has 1 aromatic carbocycles. The van der Waals surface area contributed by atoms with Crippen LogP contribution in [0.1, 0.15) is 17.7 Å². The summed E-state index contributed by atoms with van der Waals surface area (Å²) >= 11 is 1.55. The second-order valence-electron chi connectivity index (χ2n) is 7.98. The number of ether oxygens (including phenoxy) is 3. The highest BCUT2D eigenvalue weighted by Gasteiger charge is 2.72. The van der Waals surface area contributed by atoms with Crippen molar-refractivity contribution in [2.75, 3.05) is 13.2 Å². The fraction of sp³-hybridized carbons (Fsp3) is 0.375. The highest BCUT2D eigenvalue weighted by molar-refractivity contribution is 7.19. The van der Waals surface area contributed by atoms with Crippen LogP contribution in [0.2, 0.25) is 0 Å². The first kappa shape index (κ1) is 22.1. The van der Waals surface area contributed by atoms with E-state index in [0.29, 0.717) is 12.8 Å². The van der Waals surface area contributed by atoms with Crippen LogP contribution >= 0.6 is 11.3 Å². The number of nitrogens with one attached hydrogen (secondary N) is 1.